The summed E-state index contributed by atoms with van der Waals surface area (Å²) in [5, 5.41) is 5.62. The molecule has 2 N–H and O–H groups in total. The van der Waals surface area contributed by atoms with Crippen molar-refractivity contribution in [2.24, 2.45) is 0 Å². The molecule has 0 spiro atoms. The Hall–Kier alpha value is -2.43. The summed E-state index contributed by atoms with van der Waals surface area (Å²) in [6.07, 6.45) is 0.213. The van der Waals surface area contributed by atoms with E-state index in [1.807, 2.05) is 0 Å². The average molecular weight is 274 g/mol. The number of benzene rings is 2. The maximum absolute atomic E-state index is 13.9. The van der Waals surface area contributed by atoms with E-state index in [9.17, 15) is 13.6 Å². The minimum Gasteiger partial charge on any atom is -0.379 e. The predicted molar refractivity (Wildman–Crippen MR) is 72.5 cm³/mol. The van der Waals surface area contributed by atoms with Crippen LogP contribution in [0, 0.1) is 11.6 Å². The zero-order chi connectivity index (χ0) is 14.1. The number of anilines is 2. The quantitative estimate of drug-likeness (QED) is 0.903. The van der Waals surface area contributed by atoms with Gasteiger partial charge in [-0.2, -0.15) is 0 Å². The first-order chi connectivity index (χ1) is 9.61. The van der Waals surface area contributed by atoms with E-state index in [-0.39, 0.29) is 18.1 Å². The van der Waals surface area contributed by atoms with Gasteiger partial charge in [-0.25, -0.2) is 8.78 Å². The molecule has 0 aliphatic carbocycles. The standard InChI is InChI=1S/C15H12F2N2O/c16-11-3-1-9(2-4-11)8-18-14-7-13-10(5-12(14)17)6-15(20)19-13/h1-5,7,18H,6,8H2,(H,19,20). The van der Waals surface area contributed by atoms with Crippen molar-refractivity contribution in [2.45, 2.75) is 13.0 Å². The predicted octanol–water partition coefficient (Wildman–Crippen LogP) is 3.07. The Bertz CT molecular complexity index is 668. The highest BCUT2D eigenvalue weighted by molar-refractivity contribution is 5.99. The van der Waals surface area contributed by atoms with E-state index >= 15 is 0 Å². The molecular weight excluding hydrogens is 262 g/mol. The molecule has 0 unspecified atom stereocenters. The molecule has 0 radical (unpaired) electrons. The van der Waals surface area contributed by atoms with Gasteiger partial charge in [-0.15, -0.1) is 0 Å². The van der Waals surface area contributed by atoms with Gasteiger partial charge in [0.1, 0.15) is 11.6 Å². The van der Waals surface area contributed by atoms with Gasteiger partial charge in [-0.3, -0.25) is 4.79 Å². The van der Waals surface area contributed by atoms with Crippen LogP contribution < -0.4 is 10.6 Å². The molecule has 20 heavy (non-hydrogen) atoms. The maximum atomic E-state index is 13.9. The molecule has 1 aliphatic heterocycles. The lowest BCUT2D eigenvalue weighted by molar-refractivity contribution is -0.115. The van der Waals surface area contributed by atoms with Gasteiger partial charge in [0.05, 0.1) is 12.1 Å². The summed E-state index contributed by atoms with van der Waals surface area (Å²) in [6, 6.07) is 8.93. The third kappa shape index (κ3) is 2.47. The number of carbonyl (C=O) groups excluding carboxylic acids is 1. The van der Waals surface area contributed by atoms with E-state index in [1.54, 1.807) is 18.2 Å². The molecule has 2 aromatic rings. The minimum atomic E-state index is -0.401. The fraction of sp³-hybridized carbons (Fsp3) is 0.133. The molecule has 3 rings (SSSR count). The van der Waals surface area contributed by atoms with Gasteiger partial charge in [0.25, 0.3) is 0 Å². The molecule has 0 aromatic heterocycles. The summed E-state index contributed by atoms with van der Waals surface area (Å²) in [6.45, 7) is 0.379. The molecule has 1 amide bonds. The summed E-state index contributed by atoms with van der Waals surface area (Å²) < 4.78 is 26.7. The molecule has 102 valence electrons. The number of nitrogens with one attached hydrogen (secondary N) is 2. The van der Waals surface area contributed by atoms with Crippen molar-refractivity contribution < 1.29 is 13.6 Å². The van der Waals surface area contributed by atoms with Gasteiger partial charge >= 0.3 is 0 Å². The van der Waals surface area contributed by atoms with Crippen LogP contribution in [0.4, 0.5) is 20.2 Å². The van der Waals surface area contributed by atoms with Gasteiger partial charge in [-0.05, 0) is 35.4 Å². The number of halogens is 2. The zero-order valence-electron chi connectivity index (χ0n) is 10.5. The fourth-order valence-electron chi connectivity index (χ4n) is 2.18. The van der Waals surface area contributed by atoms with Crippen LogP contribution in [-0.4, -0.2) is 5.91 Å². The minimum absolute atomic E-state index is 0.130. The average Bonchev–Trinajstić information content (AvgIpc) is 2.77. The second kappa shape index (κ2) is 4.92. The van der Waals surface area contributed by atoms with Crippen molar-refractivity contribution in [2.75, 3.05) is 10.6 Å². The largest absolute Gasteiger partial charge is 0.379 e. The molecule has 0 fully saturated rings. The maximum Gasteiger partial charge on any atom is 0.228 e. The molecule has 0 saturated heterocycles. The van der Waals surface area contributed by atoms with Crippen LogP contribution in [0.15, 0.2) is 36.4 Å². The highest BCUT2D eigenvalue weighted by Crippen LogP contribution is 2.29. The van der Waals surface area contributed by atoms with Crippen molar-refractivity contribution in [1.82, 2.24) is 0 Å². The Morgan fingerprint density at radius 2 is 1.90 bits per heavy atom. The van der Waals surface area contributed by atoms with Gasteiger partial charge in [0.2, 0.25) is 5.91 Å². The van der Waals surface area contributed by atoms with Crippen molar-refractivity contribution in [3.63, 3.8) is 0 Å². The summed E-state index contributed by atoms with van der Waals surface area (Å²) >= 11 is 0. The van der Waals surface area contributed by atoms with Crippen LogP contribution in [0.5, 0.6) is 0 Å². The van der Waals surface area contributed by atoms with Crippen LogP contribution >= 0.6 is 0 Å². The zero-order valence-corrected chi connectivity index (χ0v) is 10.5. The van der Waals surface area contributed by atoms with Crippen LogP contribution in [0.2, 0.25) is 0 Å². The molecule has 2 aromatic carbocycles. The highest BCUT2D eigenvalue weighted by Gasteiger charge is 2.19. The Morgan fingerprint density at radius 1 is 1.15 bits per heavy atom. The lowest BCUT2D eigenvalue weighted by atomic mass is 10.1. The number of hydrogen-bond donors (Lipinski definition) is 2. The number of carbonyl (C=O) groups is 1. The number of rotatable bonds is 3. The smallest absolute Gasteiger partial charge is 0.228 e. The van der Waals surface area contributed by atoms with E-state index in [1.165, 1.54) is 18.2 Å². The third-order valence-corrected chi connectivity index (χ3v) is 3.21. The van der Waals surface area contributed by atoms with Crippen molar-refractivity contribution in [3.05, 3.63) is 59.2 Å². The van der Waals surface area contributed by atoms with E-state index < -0.39 is 5.82 Å². The second-order valence-corrected chi connectivity index (χ2v) is 4.69. The Kier molecular flexibility index (Phi) is 3.10. The van der Waals surface area contributed by atoms with Crippen molar-refractivity contribution in [3.8, 4) is 0 Å². The van der Waals surface area contributed by atoms with E-state index in [0.717, 1.165) is 5.56 Å². The number of hydrogen-bond acceptors (Lipinski definition) is 2. The number of fused-ring (bicyclic) bond motifs is 1. The Morgan fingerprint density at radius 3 is 2.65 bits per heavy atom. The Balaban J connectivity index is 1.76. The molecule has 3 nitrogen and oxygen atoms in total. The molecule has 0 saturated carbocycles. The summed E-state index contributed by atoms with van der Waals surface area (Å²) in [4.78, 5) is 11.2. The summed E-state index contributed by atoms with van der Waals surface area (Å²) in [7, 11) is 0. The first-order valence-corrected chi connectivity index (χ1v) is 6.22. The molecule has 0 bridgehead atoms. The second-order valence-electron chi connectivity index (χ2n) is 4.69. The molecule has 1 heterocycles. The van der Waals surface area contributed by atoms with Crippen LogP contribution in [0.3, 0.4) is 0 Å². The summed E-state index contributed by atoms with van der Waals surface area (Å²) in [5.41, 5.74) is 2.46. The lowest BCUT2D eigenvalue weighted by Gasteiger charge is -2.10. The van der Waals surface area contributed by atoms with Crippen LogP contribution in [0.25, 0.3) is 0 Å². The highest BCUT2D eigenvalue weighted by atomic mass is 19.1. The molecule has 5 heteroatoms. The first-order valence-electron chi connectivity index (χ1n) is 6.22. The number of amides is 1. The van der Waals surface area contributed by atoms with Crippen molar-refractivity contribution >= 4 is 17.3 Å². The van der Waals surface area contributed by atoms with Gasteiger partial charge in [0.15, 0.2) is 0 Å². The molecule has 1 aliphatic rings. The van der Waals surface area contributed by atoms with E-state index in [2.05, 4.69) is 10.6 Å². The van der Waals surface area contributed by atoms with Crippen molar-refractivity contribution in [1.29, 1.82) is 0 Å². The normalized spacial score (nSPS) is 13.0. The molecule has 0 atom stereocenters. The summed E-state index contributed by atoms with van der Waals surface area (Å²) in [5.74, 6) is -0.836. The van der Waals surface area contributed by atoms with Crippen LogP contribution in [-0.2, 0) is 17.8 Å². The lowest BCUT2D eigenvalue weighted by Crippen LogP contribution is -2.04. The topological polar surface area (TPSA) is 41.1 Å². The van der Waals surface area contributed by atoms with Crippen LogP contribution in [0.1, 0.15) is 11.1 Å². The van der Waals surface area contributed by atoms with Gasteiger partial charge < -0.3 is 10.6 Å². The van der Waals surface area contributed by atoms with E-state index in [0.29, 0.717) is 23.5 Å². The SMILES string of the molecule is O=C1Cc2cc(F)c(NCc3ccc(F)cc3)cc2N1. The third-order valence-electron chi connectivity index (χ3n) is 3.21. The van der Waals surface area contributed by atoms with Gasteiger partial charge in [-0.1, -0.05) is 12.1 Å². The fourth-order valence-corrected chi connectivity index (χ4v) is 2.18. The molecular formula is C15H12F2N2O. The van der Waals surface area contributed by atoms with Gasteiger partial charge in [0, 0.05) is 12.2 Å². The van der Waals surface area contributed by atoms with E-state index in [4.69, 9.17) is 0 Å². The Labute approximate surface area is 114 Å². The first kappa shape index (κ1) is 12.6. The monoisotopic (exact) mass is 274 g/mol.